The van der Waals surface area contributed by atoms with Crippen LogP contribution in [-0.4, -0.2) is 20.7 Å². The Kier molecular flexibility index (Phi) is 5.53. The van der Waals surface area contributed by atoms with Crippen molar-refractivity contribution in [2.75, 3.05) is 5.32 Å². The van der Waals surface area contributed by atoms with Crippen molar-refractivity contribution in [1.82, 2.24) is 14.8 Å². The van der Waals surface area contributed by atoms with Gasteiger partial charge in [-0.15, -0.1) is 11.3 Å². The van der Waals surface area contributed by atoms with Crippen molar-refractivity contribution in [3.63, 3.8) is 0 Å². The number of amides is 1. The molecule has 29 heavy (non-hydrogen) atoms. The average molecular weight is 403 g/mol. The minimum atomic E-state index is -0.0367. The van der Waals surface area contributed by atoms with Gasteiger partial charge in [-0.05, 0) is 25.8 Å². The van der Waals surface area contributed by atoms with E-state index in [1.807, 2.05) is 48.7 Å². The Morgan fingerprint density at radius 1 is 1.07 bits per heavy atom. The summed E-state index contributed by atoms with van der Waals surface area (Å²) in [6.07, 6.45) is 1.12. The van der Waals surface area contributed by atoms with Crippen LogP contribution in [0, 0.1) is 13.8 Å². The maximum absolute atomic E-state index is 12.5. The van der Waals surface area contributed by atoms with Crippen LogP contribution in [0.5, 0.6) is 0 Å². The molecule has 2 aromatic heterocycles. The number of nitrogens with one attached hydrogen (secondary N) is 1. The van der Waals surface area contributed by atoms with Crippen molar-refractivity contribution in [1.29, 1.82) is 0 Å². The lowest BCUT2D eigenvalue weighted by Gasteiger charge is -2.07. The third-order valence-corrected chi connectivity index (χ3v) is 5.42. The number of hydrogen-bond donors (Lipinski definition) is 1. The lowest BCUT2D eigenvalue weighted by molar-refractivity contribution is -0.116. The van der Waals surface area contributed by atoms with Crippen LogP contribution in [-0.2, 0) is 11.2 Å². The highest BCUT2D eigenvalue weighted by Crippen LogP contribution is 2.26. The van der Waals surface area contributed by atoms with Gasteiger partial charge in [-0.25, -0.2) is 4.98 Å². The first-order valence-corrected chi connectivity index (χ1v) is 10.4. The number of nitrogens with zero attached hydrogens (tertiary/aromatic N) is 3. The Balaban J connectivity index is 1.49. The molecule has 4 aromatic rings. The van der Waals surface area contributed by atoms with E-state index in [-0.39, 0.29) is 5.91 Å². The zero-order valence-corrected chi connectivity index (χ0v) is 17.2. The second-order valence-electron chi connectivity index (χ2n) is 7.00. The summed E-state index contributed by atoms with van der Waals surface area (Å²) in [5.41, 5.74) is 5.16. The van der Waals surface area contributed by atoms with Gasteiger partial charge >= 0.3 is 0 Å². The molecule has 5 nitrogen and oxygen atoms in total. The number of carbonyl (C=O) groups excluding carboxylic acids is 1. The van der Waals surface area contributed by atoms with Gasteiger partial charge in [-0.1, -0.05) is 60.2 Å². The molecule has 0 aliphatic carbocycles. The van der Waals surface area contributed by atoms with Crippen LogP contribution < -0.4 is 5.32 Å². The smallest absolute Gasteiger partial charge is 0.225 e. The fraction of sp³-hybridized carbons (Fsp3) is 0.174. The molecular weight excluding hydrogens is 380 g/mol. The van der Waals surface area contributed by atoms with Gasteiger partial charge in [-0.3, -0.25) is 4.79 Å². The topological polar surface area (TPSA) is 59.8 Å². The van der Waals surface area contributed by atoms with Crippen LogP contribution in [0.1, 0.15) is 23.2 Å². The number of anilines is 1. The Morgan fingerprint density at radius 3 is 2.59 bits per heavy atom. The molecule has 0 fully saturated rings. The summed E-state index contributed by atoms with van der Waals surface area (Å²) in [5.74, 6) is 0.607. The third kappa shape index (κ3) is 4.60. The van der Waals surface area contributed by atoms with Gasteiger partial charge in [0.05, 0.1) is 11.4 Å². The van der Waals surface area contributed by atoms with Crippen molar-refractivity contribution in [2.24, 2.45) is 0 Å². The van der Waals surface area contributed by atoms with Crippen LogP contribution >= 0.6 is 11.3 Å². The van der Waals surface area contributed by atoms with Gasteiger partial charge in [0.1, 0.15) is 5.82 Å². The average Bonchev–Trinajstić information content (AvgIpc) is 3.34. The minimum absolute atomic E-state index is 0.0367. The molecule has 1 N–H and O–H groups in total. The van der Waals surface area contributed by atoms with E-state index >= 15 is 0 Å². The number of aryl methyl sites for hydroxylation is 3. The van der Waals surface area contributed by atoms with Crippen LogP contribution in [0.4, 0.5) is 5.82 Å². The first kappa shape index (κ1) is 19.1. The van der Waals surface area contributed by atoms with Crippen LogP contribution in [0.15, 0.2) is 66.0 Å². The molecule has 6 heteroatoms. The van der Waals surface area contributed by atoms with E-state index in [4.69, 9.17) is 4.98 Å². The first-order chi connectivity index (χ1) is 14.1. The van der Waals surface area contributed by atoms with E-state index in [9.17, 15) is 4.79 Å². The Bertz CT molecular complexity index is 1110. The SMILES string of the molecule is Cc1ccc(-c2csc(-n3nc(C)cc3NC(=O)CCc3ccccc3)n2)cc1. The molecule has 0 spiro atoms. The molecule has 4 rings (SSSR count). The maximum atomic E-state index is 12.5. The molecule has 0 saturated heterocycles. The van der Waals surface area contributed by atoms with E-state index in [1.54, 1.807) is 4.68 Å². The summed E-state index contributed by atoms with van der Waals surface area (Å²) in [5, 5.41) is 10.2. The van der Waals surface area contributed by atoms with E-state index < -0.39 is 0 Å². The van der Waals surface area contributed by atoms with Gasteiger partial charge in [0.2, 0.25) is 11.0 Å². The first-order valence-electron chi connectivity index (χ1n) is 9.52. The fourth-order valence-electron chi connectivity index (χ4n) is 3.06. The molecular formula is C23H22N4OS. The normalized spacial score (nSPS) is 10.8. The van der Waals surface area contributed by atoms with E-state index in [1.165, 1.54) is 16.9 Å². The predicted molar refractivity (Wildman–Crippen MR) is 118 cm³/mol. The van der Waals surface area contributed by atoms with Crippen molar-refractivity contribution in [2.45, 2.75) is 26.7 Å². The standard InChI is InChI=1S/C23H22N4OS/c1-16-8-11-19(12-9-16)20-15-29-23(24-20)27-21(14-17(2)26-27)25-22(28)13-10-18-6-4-3-5-7-18/h3-9,11-12,14-15H,10,13H2,1-2H3,(H,25,28). The summed E-state index contributed by atoms with van der Waals surface area (Å²) >= 11 is 1.50. The Hall–Kier alpha value is -3.25. The monoisotopic (exact) mass is 402 g/mol. The zero-order valence-electron chi connectivity index (χ0n) is 16.4. The summed E-state index contributed by atoms with van der Waals surface area (Å²) in [4.78, 5) is 17.2. The molecule has 0 radical (unpaired) electrons. The van der Waals surface area contributed by atoms with Gasteiger partial charge in [0, 0.05) is 23.4 Å². The summed E-state index contributed by atoms with van der Waals surface area (Å²) in [7, 11) is 0. The number of aromatic nitrogens is 3. The van der Waals surface area contributed by atoms with Crippen molar-refractivity contribution in [3.8, 4) is 16.4 Å². The van der Waals surface area contributed by atoms with Gasteiger partial charge < -0.3 is 5.32 Å². The predicted octanol–water partition coefficient (Wildman–Crippen LogP) is 5.18. The number of carbonyl (C=O) groups is 1. The number of benzene rings is 2. The van der Waals surface area contributed by atoms with Crippen LogP contribution in [0.3, 0.4) is 0 Å². The van der Waals surface area contributed by atoms with Crippen molar-refractivity contribution in [3.05, 3.63) is 82.9 Å². The van der Waals surface area contributed by atoms with E-state index in [0.717, 1.165) is 27.6 Å². The largest absolute Gasteiger partial charge is 0.310 e. The van der Waals surface area contributed by atoms with Crippen LogP contribution in [0.25, 0.3) is 16.4 Å². The number of rotatable bonds is 6. The van der Waals surface area contributed by atoms with Crippen molar-refractivity contribution < 1.29 is 4.79 Å². The number of hydrogen-bond acceptors (Lipinski definition) is 4. The molecule has 146 valence electrons. The second-order valence-corrected chi connectivity index (χ2v) is 7.83. The number of thiazole rings is 1. The zero-order chi connectivity index (χ0) is 20.2. The molecule has 1 amide bonds. The van der Waals surface area contributed by atoms with Crippen molar-refractivity contribution >= 4 is 23.1 Å². The fourth-order valence-corrected chi connectivity index (χ4v) is 3.86. The Morgan fingerprint density at radius 2 is 1.83 bits per heavy atom. The quantitative estimate of drug-likeness (QED) is 0.483. The van der Waals surface area contributed by atoms with E-state index in [2.05, 4.69) is 41.6 Å². The molecule has 0 aliphatic rings. The molecule has 0 atom stereocenters. The summed E-state index contributed by atoms with van der Waals surface area (Å²) < 4.78 is 1.71. The highest BCUT2D eigenvalue weighted by atomic mass is 32.1. The highest BCUT2D eigenvalue weighted by Gasteiger charge is 2.14. The Labute approximate surface area is 174 Å². The summed E-state index contributed by atoms with van der Waals surface area (Å²) in [6.45, 7) is 3.97. The molecule has 0 aliphatic heterocycles. The van der Waals surface area contributed by atoms with Gasteiger partial charge in [0.25, 0.3) is 0 Å². The lowest BCUT2D eigenvalue weighted by atomic mass is 10.1. The molecule has 2 aromatic carbocycles. The maximum Gasteiger partial charge on any atom is 0.225 e. The van der Waals surface area contributed by atoms with Gasteiger partial charge in [0.15, 0.2) is 0 Å². The lowest BCUT2D eigenvalue weighted by Crippen LogP contribution is -2.15. The molecule has 0 bridgehead atoms. The molecule has 0 unspecified atom stereocenters. The third-order valence-electron chi connectivity index (χ3n) is 4.60. The van der Waals surface area contributed by atoms with Crippen LogP contribution in [0.2, 0.25) is 0 Å². The molecule has 0 saturated carbocycles. The van der Waals surface area contributed by atoms with E-state index in [0.29, 0.717) is 18.7 Å². The van der Waals surface area contributed by atoms with Gasteiger partial charge in [-0.2, -0.15) is 9.78 Å². The summed E-state index contributed by atoms with van der Waals surface area (Å²) in [6, 6.07) is 20.2. The second kappa shape index (κ2) is 8.41. The minimum Gasteiger partial charge on any atom is -0.310 e. The molecule has 2 heterocycles. The highest BCUT2D eigenvalue weighted by molar-refractivity contribution is 7.12.